The third-order valence-electron chi connectivity index (χ3n) is 5.01. The molecule has 1 aliphatic carbocycles. The van der Waals surface area contributed by atoms with Crippen LogP contribution in [0, 0.1) is 5.92 Å². The standard InChI is InChI=1S/C21H21N3S/c22-21(25)24-20(16-10-5-2-6-11-16)18-13-7-12-17(19(18)23-24)14-15-8-3-1-4-9-15/h1-6,8-11,14,18,20H,7,12-13H2,(H2,22,25)/b17-14+. The van der Waals surface area contributed by atoms with Crippen molar-refractivity contribution in [2.45, 2.75) is 25.3 Å². The Morgan fingerprint density at radius 1 is 1.08 bits per heavy atom. The van der Waals surface area contributed by atoms with Crippen LogP contribution in [0.3, 0.4) is 0 Å². The van der Waals surface area contributed by atoms with Gasteiger partial charge in [0.1, 0.15) is 0 Å². The van der Waals surface area contributed by atoms with Crippen LogP contribution in [0.4, 0.5) is 0 Å². The zero-order valence-corrected chi connectivity index (χ0v) is 14.8. The van der Waals surface area contributed by atoms with Gasteiger partial charge in [0, 0.05) is 5.92 Å². The van der Waals surface area contributed by atoms with Crippen molar-refractivity contribution in [2.24, 2.45) is 16.8 Å². The molecule has 0 radical (unpaired) electrons. The lowest BCUT2D eigenvalue weighted by atomic mass is 9.77. The highest BCUT2D eigenvalue weighted by Crippen LogP contribution is 2.44. The van der Waals surface area contributed by atoms with Gasteiger partial charge in [-0.25, -0.2) is 5.01 Å². The third-order valence-corrected chi connectivity index (χ3v) is 5.20. The molecule has 0 aromatic heterocycles. The first-order valence-corrected chi connectivity index (χ1v) is 9.13. The number of nitrogens with two attached hydrogens (primary N) is 1. The topological polar surface area (TPSA) is 41.6 Å². The minimum Gasteiger partial charge on any atom is -0.375 e. The van der Waals surface area contributed by atoms with Crippen molar-refractivity contribution < 1.29 is 0 Å². The number of hydrogen-bond acceptors (Lipinski definition) is 2. The molecule has 126 valence electrons. The summed E-state index contributed by atoms with van der Waals surface area (Å²) in [4.78, 5) is 0. The molecule has 4 heteroatoms. The minimum absolute atomic E-state index is 0.105. The van der Waals surface area contributed by atoms with Gasteiger partial charge in [-0.3, -0.25) is 0 Å². The van der Waals surface area contributed by atoms with Gasteiger partial charge in [-0.1, -0.05) is 60.7 Å². The molecule has 0 spiro atoms. The van der Waals surface area contributed by atoms with Gasteiger partial charge >= 0.3 is 0 Å². The molecule has 2 unspecified atom stereocenters. The SMILES string of the molecule is NC(=S)N1N=C2/C(=C/c3ccccc3)CCCC2C1c1ccccc1. The molecule has 25 heavy (non-hydrogen) atoms. The van der Waals surface area contributed by atoms with E-state index in [-0.39, 0.29) is 6.04 Å². The molecule has 3 nitrogen and oxygen atoms in total. The van der Waals surface area contributed by atoms with E-state index in [9.17, 15) is 0 Å². The summed E-state index contributed by atoms with van der Waals surface area (Å²) in [5, 5.41) is 7.04. The van der Waals surface area contributed by atoms with Gasteiger partial charge in [-0.15, -0.1) is 0 Å². The van der Waals surface area contributed by atoms with Crippen molar-refractivity contribution in [3.8, 4) is 0 Å². The van der Waals surface area contributed by atoms with Crippen molar-refractivity contribution >= 4 is 29.1 Å². The summed E-state index contributed by atoms with van der Waals surface area (Å²) in [6.45, 7) is 0. The second-order valence-corrected chi connectivity index (χ2v) is 7.02. The Labute approximate surface area is 153 Å². The van der Waals surface area contributed by atoms with E-state index in [4.69, 9.17) is 23.1 Å². The van der Waals surface area contributed by atoms with Crippen LogP contribution in [-0.4, -0.2) is 15.8 Å². The van der Waals surface area contributed by atoms with Gasteiger partial charge in [-0.2, -0.15) is 5.10 Å². The lowest BCUT2D eigenvalue weighted by molar-refractivity contribution is 0.305. The quantitative estimate of drug-likeness (QED) is 0.812. The molecule has 1 fully saturated rings. The van der Waals surface area contributed by atoms with E-state index in [0.717, 1.165) is 25.0 Å². The molecular weight excluding hydrogens is 326 g/mol. The molecule has 1 heterocycles. The third kappa shape index (κ3) is 3.10. The second-order valence-electron chi connectivity index (χ2n) is 6.60. The van der Waals surface area contributed by atoms with E-state index in [1.165, 1.54) is 16.7 Å². The van der Waals surface area contributed by atoms with Crippen LogP contribution < -0.4 is 5.73 Å². The number of nitrogens with zero attached hydrogens (tertiary/aromatic N) is 2. The van der Waals surface area contributed by atoms with E-state index in [2.05, 4.69) is 54.6 Å². The molecule has 0 amide bonds. The first-order chi connectivity index (χ1) is 12.2. The molecule has 4 rings (SSSR count). The van der Waals surface area contributed by atoms with Crippen molar-refractivity contribution in [1.29, 1.82) is 0 Å². The number of hydrazone groups is 1. The summed E-state index contributed by atoms with van der Waals surface area (Å²) >= 11 is 5.30. The highest BCUT2D eigenvalue weighted by atomic mass is 32.1. The molecular formula is C21H21N3S. The van der Waals surface area contributed by atoms with E-state index in [1.807, 2.05) is 17.1 Å². The van der Waals surface area contributed by atoms with Crippen LogP contribution in [0.1, 0.15) is 36.4 Å². The van der Waals surface area contributed by atoms with Crippen LogP contribution in [0.2, 0.25) is 0 Å². The number of rotatable bonds is 2. The minimum atomic E-state index is 0.105. The summed E-state index contributed by atoms with van der Waals surface area (Å²) < 4.78 is 0. The van der Waals surface area contributed by atoms with Crippen LogP contribution in [0.25, 0.3) is 6.08 Å². The molecule has 0 bridgehead atoms. The normalized spacial score (nSPS) is 24.1. The maximum Gasteiger partial charge on any atom is 0.187 e. The van der Waals surface area contributed by atoms with Gasteiger partial charge in [-0.05, 0) is 54.3 Å². The van der Waals surface area contributed by atoms with Gasteiger partial charge in [0.25, 0.3) is 0 Å². The Bertz CT molecular complexity index is 827. The van der Waals surface area contributed by atoms with Crippen molar-refractivity contribution in [3.05, 3.63) is 77.4 Å². The average Bonchev–Trinajstić information content (AvgIpc) is 3.04. The fourth-order valence-corrected chi connectivity index (χ4v) is 4.07. The van der Waals surface area contributed by atoms with Gasteiger partial charge in [0.2, 0.25) is 0 Å². The van der Waals surface area contributed by atoms with Crippen LogP contribution in [-0.2, 0) is 0 Å². The Balaban J connectivity index is 1.74. The molecule has 2 aromatic rings. The fourth-order valence-electron chi connectivity index (χ4n) is 3.92. The maximum absolute atomic E-state index is 6.01. The fraction of sp³-hybridized carbons (Fsp3) is 0.238. The maximum atomic E-state index is 6.01. The lowest BCUT2D eigenvalue weighted by Gasteiger charge is -2.29. The largest absolute Gasteiger partial charge is 0.375 e. The predicted octanol–water partition coefficient (Wildman–Crippen LogP) is 4.53. The van der Waals surface area contributed by atoms with E-state index >= 15 is 0 Å². The van der Waals surface area contributed by atoms with Crippen molar-refractivity contribution in [3.63, 3.8) is 0 Å². The van der Waals surface area contributed by atoms with Crippen LogP contribution in [0.15, 0.2) is 71.3 Å². The summed E-state index contributed by atoms with van der Waals surface area (Å²) in [5.74, 6) is 0.340. The predicted molar refractivity (Wildman–Crippen MR) is 107 cm³/mol. The monoisotopic (exact) mass is 347 g/mol. The second kappa shape index (κ2) is 6.81. The number of fused-ring (bicyclic) bond motifs is 1. The summed E-state index contributed by atoms with van der Waals surface area (Å²) in [6, 6.07) is 21.0. The van der Waals surface area contributed by atoms with E-state index < -0.39 is 0 Å². The Morgan fingerprint density at radius 2 is 1.76 bits per heavy atom. The molecule has 2 aliphatic rings. The highest BCUT2D eigenvalue weighted by molar-refractivity contribution is 7.80. The highest BCUT2D eigenvalue weighted by Gasteiger charge is 2.42. The molecule has 1 saturated carbocycles. The molecule has 2 N–H and O–H groups in total. The number of allylic oxidation sites excluding steroid dienone is 1. The smallest absolute Gasteiger partial charge is 0.187 e. The van der Waals surface area contributed by atoms with Crippen LogP contribution >= 0.6 is 12.2 Å². The lowest BCUT2D eigenvalue weighted by Crippen LogP contribution is -2.34. The zero-order valence-electron chi connectivity index (χ0n) is 14.0. The Hall–Kier alpha value is -2.46. The summed E-state index contributed by atoms with van der Waals surface area (Å²) in [7, 11) is 0. The van der Waals surface area contributed by atoms with Crippen molar-refractivity contribution in [1.82, 2.24) is 5.01 Å². The Kier molecular flexibility index (Phi) is 4.36. The summed E-state index contributed by atoms with van der Waals surface area (Å²) in [6.07, 6.45) is 5.59. The number of thiocarbonyl (C=S) groups is 1. The number of hydrogen-bond donors (Lipinski definition) is 1. The van der Waals surface area contributed by atoms with E-state index in [0.29, 0.717) is 11.0 Å². The van der Waals surface area contributed by atoms with Gasteiger partial charge < -0.3 is 5.73 Å². The van der Waals surface area contributed by atoms with E-state index in [1.54, 1.807) is 0 Å². The zero-order chi connectivity index (χ0) is 17.2. The van der Waals surface area contributed by atoms with Gasteiger partial charge in [0.05, 0.1) is 11.8 Å². The van der Waals surface area contributed by atoms with Crippen LogP contribution in [0.5, 0.6) is 0 Å². The Morgan fingerprint density at radius 3 is 2.44 bits per heavy atom. The average molecular weight is 347 g/mol. The summed E-state index contributed by atoms with van der Waals surface area (Å²) in [5.41, 5.74) is 10.9. The van der Waals surface area contributed by atoms with Crippen molar-refractivity contribution in [2.75, 3.05) is 0 Å². The molecule has 0 saturated heterocycles. The number of benzene rings is 2. The first-order valence-electron chi connectivity index (χ1n) is 8.72. The molecule has 2 atom stereocenters. The van der Waals surface area contributed by atoms with Gasteiger partial charge in [0.15, 0.2) is 5.11 Å². The molecule has 1 aliphatic heterocycles. The molecule has 2 aromatic carbocycles. The first kappa shape index (κ1) is 16.0.